The number of piperidine rings is 1. The summed E-state index contributed by atoms with van der Waals surface area (Å²) in [5, 5.41) is 2.77. The summed E-state index contributed by atoms with van der Waals surface area (Å²) in [6.45, 7) is 3.47. The van der Waals surface area contributed by atoms with Crippen LogP contribution in [-0.2, 0) is 12.6 Å². The number of hydrogen-bond donors (Lipinski definition) is 1. The van der Waals surface area contributed by atoms with E-state index >= 15 is 0 Å². The van der Waals surface area contributed by atoms with Crippen LogP contribution in [0, 0.1) is 5.92 Å². The Bertz CT molecular complexity index is 1070. The molecule has 0 spiro atoms. The van der Waals surface area contributed by atoms with Gasteiger partial charge in [-0.2, -0.15) is 13.2 Å². The lowest BCUT2D eigenvalue weighted by atomic mass is 9.96. The fourth-order valence-corrected chi connectivity index (χ4v) is 4.54. The standard InChI is InChI=1S/C28H30F3N3O/c29-28(30,31)24-13-15-25(16-14-24)32-27(35)34(26-11-5-2-6-12-26)21-23-10-7-18-33(20-23)19-17-22-8-3-1-4-9-22/h1-6,8-9,11-16,23H,7,10,17-21H2,(H,32,35). The summed E-state index contributed by atoms with van der Waals surface area (Å²) in [4.78, 5) is 17.4. The maximum atomic E-state index is 13.2. The van der Waals surface area contributed by atoms with Crippen LogP contribution in [0.15, 0.2) is 84.9 Å². The Morgan fingerprint density at radius 3 is 2.26 bits per heavy atom. The van der Waals surface area contributed by atoms with Crippen molar-refractivity contribution < 1.29 is 18.0 Å². The number of likely N-dealkylation sites (tertiary alicyclic amines) is 1. The quantitative estimate of drug-likeness (QED) is 0.408. The number of rotatable bonds is 7. The van der Waals surface area contributed by atoms with Crippen LogP contribution < -0.4 is 10.2 Å². The van der Waals surface area contributed by atoms with Crippen LogP contribution in [0.2, 0.25) is 0 Å². The van der Waals surface area contributed by atoms with Gasteiger partial charge in [0.2, 0.25) is 0 Å². The first-order chi connectivity index (χ1) is 16.9. The minimum Gasteiger partial charge on any atom is -0.308 e. The summed E-state index contributed by atoms with van der Waals surface area (Å²) < 4.78 is 38.6. The van der Waals surface area contributed by atoms with Gasteiger partial charge in [0, 0.05) is 31.0 Å². The number of amides is 2. The molecule has 1 N–H and O–H groups in total. The van der Waals surface area contributed by atoms with E-state index < -0.39 is 11.7 Å². The topological polar surface area (TPSA) is 35.6 Å². The predicted molar refractivity (Wildman–Crippen MR) is 134 cm³/mol. The van der Waals surface area contributed by atoms with Crippen LogP contribution >= 0.6 is 0 Å². The lowest BCUT2D eigenvalue weighted by Crippen LogP contribution is -2.44. The molecule has 1 aliphatic heterocycles. The fraction of sp³-hybridized carbons (Fsp3) is 0.321. The molecule has 0 bridgehead atoms. The highest BCUT2D eigenvalue weighted by molar-refractivity contribution is 6.01. The maximum Gasteiger partial charge on any atom is 0.416 e. The van der Waals surface area contributed by atoms with E-state index in [9.17, 15) is 18.0 Å². The number of benzene rings is 3. The van der Waals surface area contributed by atoms with Crippen LogP contribution in [0.25, 0.3) is 0 Å². The van der Waals surface area contributed by atoms with E-state index in [4.69, 9.17) is 0 Å². The number of carbonyl (C=O) groups excluding carboxylic acids is 1. The second-order valence-electron chi connectivity index (χ2n) is 9.00. The van der Waals surface area contributed by atoms with Gasteiger partial charge in [0.25, 0.3) is 0 Å². The monoisotopic (exact) mass is 481 g/mol. The zero-order valence-electron chi connectivity index (χ0n) is 19.5. The molecule has 1 fully saturated rings. The zero-order chi connectivity index (χ0) is 24.7. The molecule has 7 heteroatoms. The van der Waals surface area contributed by atoms with Crippen molar-refractivity contribution >= 4 is 17.4 Å². The van der Waals surface area contributed by atoms with Gasteiger partial charge in [-0.15, -0.1) is 0 Å². The molecule has 1 heterocycles. The molecule has 3 aromatic carbocycles. The van der Waals surface area contributed by atoms with Gasteiger partial charge in [-0.05, 0) is 73.7 Å². The van der Waals surface area contributed by atoms with Gasteiger partial charge in [0.1, 0.15) is 0 Å². The number of halogens is 3. The Morgan fingerprint density at radius 2 is 1.60 bits per heavy atom. The van der Waals surface area contributed by atoms with Crippen LogP contribution in [-0.4, -0.2) is 37.1 Å². The fourth-order valence-electron chi connectivity index (χ4n) is 4.54. The van der Waals surface area contributed by atoms with Crippen LogP contribution in [0.3, 0.4) is 0 Å². The van der Waals surface area contributed by atoms with Crippen LogP contribution in [0.1, 0.15) is 24.0 Å². The highest BCUT2D eigenvalue weighted by Crippen LogP contribution is 2.30. The highest BCUT2D eigenvalue weighted by atomic mass is 19.4. The van der Waals surface area contributed by atoms with E-state index in [1.165, 1.54) is 17.7 Å². The van der Waals surface area contributed by atoms with Gasteiger partial charge < -0.3 is 10.2 Å². The normalized spacial score (nSPS) is 16.6. The number of anilines is 2. The third-order valence-electron chi connectivity index (χ3n) is 6.38. The molecule has 1 atom stereocenters. The van der Waals surface area contributed by atoms with Gasteiger partial charge in [-0.3, -0.25) is 4.90 Å². The lowest BCUT2D eigenvalue weighted by Gasteiger charge is -2.35. The average molecular weight is 482 g/mol. The van der Waals surface area contributed by atoms with Crippen molar-refractivity contribution in [3.63, 3.8) is 0 Å². The van der Waals surface area contributed by atoms with Gasteiger partial charge in [0.15, 0.2) is 0 Å². The van der Waals surface area contributed by atoms with Crippen molar-refractivity contribution in [3.05, 3.63) is 96.1 Å². The van der Waals surface area contributed by atoms with Gasteiger partial charge >= 0.3 is 12.2 Å². The molecule has 1 unspecified atom stereocenters. The summed E-state index contributed by atoms with van der Waals surface area (Å²) >= 11 is 0. The molecule has 1 aliphatic rings. The largest absolute Gasteiger partial charge is 0.416 e. The van der Waals surface area contributed by atoms with E-state index in [0.717, 1.165) is 56.7 Å². The molecule has 4 nitrogen and oxygen atoms in total. The van der Waals surface area contributed by atoms with E-state index in [2.05, 4.69) is 34.5 Å². The van der Waals surface area contributed by atoms with Crippen molar-refractivity contribution in [2.45, 2.75) is 25.4 Å². The number of carbonyl (C=O) groups is 1. The van der Waals surface area contributed by atoms with E-state index in [0.29, 0.717) is 18.2 Å². The molecule has 184 valence electrons. The molecule has 3 aromatic rings. The number of nitrogens with zero attached hydrogens (tertiary/aromatic N) is 2. The number of urea groups is 1. The average Bonchev–Trinajstić information content (AvgIpc) is 2.87. The SMILES string of the molecule is O=C(Nc1ccc(C(F)(F)F)cc1)N(CC1CCCN(CCc2ccccc2)C1)c1ccccc1. The second-order valence-corrected chi connectivity index (χ2v) is 9.00. The molecular formula is C28H30F3N3O. The van der Waals surface area contributed by atoms with Crippen molar-refractivity contribution in [2.24, 2.45) is 5.92 Å². The molecule has 0 aromatic heterocycles. The molecule has 4 rings (SSSR count). The molecule has 2 amide bonds. The number of nitrogens with one attached hydrogen (secondary N) is 1. The van der Waals surface area contributed by atoms with Gasteiger partial charge in [-0.1, -0.05) is 48.5 Å². The summed E-state index contributed by atoms with van der Waals surface area (Å²) in [7, 11) is 0. The zero-order valence-corrected chi connectivity index (χ0v) is 19.5. The summed E-state index contributed by atoms with van der Waals surface area (Å²) in [5.41, 5.74) is 1.67. The Labute approximate surface area is 204 Å². The van der Waals surface area contributed by atoms with E-state index in [1.54, 1.807) is 4.90 Å². The summed E-state index contributed by atoms with van der Waals surface area (Å²) in [5.74, 6) is 0.304. The van der Waals surface area contributed by atoms with Gasteiger partial charge in [0.05, 0.1) is 5.56 Å². The first-order valence-corrected chi connectivity index (χ1v) is 12.0. The Kier molecular flexibility index (Phi) is 8.08. The van der Waals surface area contributed by atoms with E-state index in [1.807, 2.05) is 36.4 Å². The minimum atomic E-state index is -4.41. The third kappa shape index (κ3) is 7.09. The summed E-state index contributed by atoms with van der Waals surface area (Å²) in [6.07, 6.45) is -1.32. The van der Waals surface area contributed by atoms with Crippen molar-refractivity contribution in [2.75, 3.05) is 36.4 Å². The number of para-hydroxylation sites is 1. The predicted octanol–water partition coefficient (Wildman–Crippen LogP) is 6.70. The third-order valence-corrected chi connectivity index (χ3v) is 6.38. The smallest absolute Gasteiger partial charge is 0.308 e. The van der Waals surface area contributed by atoms with Crippen LogP contribution in [0.5, 0.6) is 0 Å². The van der Waals surface area contributed by atoms with Crippen molar-refractivity contribution in [1.29, 1.82) is 0 Å². The molecular weight excluding hydrogens is 451 g/mol. The minimum absolute atomic E-state index is 0.304. The maximum absolute atomic E-state index is 13.2. The molecule has 1 saturated heterocycles. The van der Waals surface area contributed by atoms with Crippen molar-refractivity contribution in [1.82, 2.24) is 4.90 Å². The molecule has 0 radical (unpaired) electrons. The summed E-state index contributed by atoms with van der Waals surface area (Å²) in [6, 6.07) is 24.0. The molecule has 35 heavy (non-hydrogen) atoms. The van der Waals surface area contributed by atoms with Crippen LogP contribution in [0.4, 0.5) is 29.3 Å². The van der Waals surface area contributed by atoms with Crippen molar-refractivity contribution in [3.8, 4) is 0 Å². The second kappa shape index (κ2) is 11.4. The van der Waals surface area contributed by atoms with Gasteiger partial charge in [-0.25, -0.2) is 4.79 Å². The Morgan fingerprint density at radius 1 is 0.943 bits per heavy atom. The highest BCUT2D eigenvalue weighted by Gasteiger charge is 2.30. The Hall–Kier alpha value is -3.32. The molecule has 0 aliphatic carbocycles. The molecule has 0 saturated carbocycles. The number of alkyl halides is 3. The Balaban J connectivity index is 1.41. The lowest BCUT2D eigenvalue weighted by molar-refractivity contribution is -0.137. The van der Waals surface area contributed by atoms with E-state index in [-0.39, 0.29) is 6.03 Å². The first kappa shape index (κ1) is 24.8. The first-order valence-electron chi connectivity index (χ1n) is 12.0. The number of hydrogen-bond acceptors (Lipinski definition) is 2.